The van der Waals surface area contributed by atoms with Gasteiger partial charge < -0.3 is 10.1 Å². The minimum absolute atomic E-state index is 0.0800. The SMILES string of the molecule is Cc1ccc(COc2ccc(/C=C(\C#N)C(=O)NCCc3ccccc3)cc2)cc1. The maximum Gasteiger partial charge on any atom is 0.261 e. The molecule has 3 aromatic carbocycles. The van der Waals surface area contributed by atoms with Gasteiger partial charge in [-0.2, -0.15) is 5.26 Å². The molecule has 0 radical (unpaired) electrons. The number of rotatable bonds is 8. The maximum absolute atomic E-state index is 12.3. The van der Waals surface area contributed by atoms with Crippen LogP contribution in [-0.2, 0) is 17.8 Å². The first-order chi connectivity index (χ1) is 14.6. The Kier molecular flexibility index (Phi) is 7.40. The second-order valence-electron chi connectivity index (χ2n) is 7.00. The van der Waals surface area contributed by atoms with Crippen molar-refractivity contribution in [1.82, 2.24) is 5.32 Å². The third kappa shape index (κ3) is 6.35. The Morgan fingerprint density at radius 3 is 2.33 bits per heavy atom. The van der Waals surface area contributed by atoms with Gasteiger partial charge in [0.05, 0.1) is 0 Å². The standard InChI is InChI=1S/C26H24N2O2/c1-20-7-9-23(10-8-20)19-30-25-13-11-22(12-14-25)17-24(18-27)26(29)28-16-15-21-5-3-2-4-6-21/h2-14,17H,15-16,19H2,1H3,(H,28,29)/b24-17+. The number of nitrogens with one attached hydrogen (secondary N) is 1. The summed E-state index contributed by atoms with van der Waals surface area (Å²) in [4.78, 5) is 12.3. The van der Waals surface area contributed by atoms with E-state index in [-0.39, 0.29) is 11.5 Å². The highest BCUT2D eigenvalue weighted by molar-refractivity contribution is 6.01. The maximum atomic E-state index is 12.3. The third-order valence-electron chi connectivity index (χ3n) is 4.62. The van der Waals surface area contributed by atoms with Crippen LogP contribution >= 0.6 is 0 Å². The molecule has 0 aliphatic heterocycles. The molecule has 30 heavy (non-hydrogen) atoms. The first kappa shape index (κ1) is 20.9. The molecule has 3 aromatic rings. The molecule has 0 heterocycles. The van der Waals surface area contributed by atoms with E-state index in [2.05, 4.69) is 24.4 Å². The van der Waals surface area contributed by atoms with Gasteiger partial charge in [0.1, 0.15) is 24.0 Å². The number of benzene rings is 3. The van der Waals surface area contributed by atoms with Gasteiger partial charge in [0.25, 0.3) is 5.91 Å². The highest BCUT2D eigenvalue weighted by atomic mass is 16.5. The van der Waals surface area contributed by atoms with Gasteiger partial charge in [-0.15, -0.1) is 0 Å². The molecule has 3 rings (SSSR count). The molecule has 4 heteroatoms. The van der Waals surface area contributed by atoms with Crippen LogP contribution in [0.2, 0.25) is 0 Å². The summed E-state index contributed by atoms with van der Waals surface area (Å²) >= 11 is 0. The van der Waals surface area contributed by atoms with Crippen molar-refractivity contribution in [2.45, 2.75) is 20.0 Å². The Morgan fingerprint density at radius 2 is 1.67 bits per heavy atom. The lowest BCUT2D eigenvalue weighted by Crippen LogP contribution is -2.26. The molecule has 150 valence electrons. The van der Waals surface area contributed by atoms with E-state index in [0.29, 0.717) is 13.2 Å². The van der Waals surface area contributed by atoms with Gasteiger partial charge in [-0.1, -0.05) is 72.3 Å². The third-order valence-corrected chi connectivity index (χ3v) is 4.62. The van der Waals surface area contributed by atoms with Crippen LogP contribution in [-0.4, -0.2) is 12.5 Å². The first-order valence-corrected chi connectivity index (χ1v) is 9.86. The Balaban J connectivity index is 1.53. The fraction of sp³-hybridized carbons (Fsp3) is 0.154. The van der Waals surface area contributed by atoms with Crippen molar-refractivity contribution in [3.63, 3.8) is 0 Å². The minimum atomic E-state index is -0.367. The minimum Gasteiger partial charge on any atom is -0.489 e. The van der Waals surface area contributed by atoms with Crippen molar-refractivity contribution < 1.29 is 9.53 Å². The highest BCUT2D eigenvalue weighted by Gasteiger charge is 2.08. The average molecular weight is 396 g/mol. The molecule has 0 atom stereocenters. The van der Waals surface area contributed by atoms with Crippen LogP contribution in [0.4, 0.5) is 0 Å². The van der Waals surface area contributed by atoms with E-state index in [9.17, 15) is 10.1 Å². The quantitative estimate of drug-likeness (QED) is 0.438. The molecular formula is C26H24N2O2. The van der Waals surface area contributed by atoms with Crippen LogP contribution in [0.5, 0.6) is 5.75 Å². The second kappa shape index (κ2) is 10.6. The Hall–Kier alpha value is -3.84. The summed E-state index contributed by atoms with van der Waals surface area (Å²) in [6, 6.07) is 27.4. The lowest BCUT2D eigenvalue weighted by atomic mass is 10.1. The second-order valence-corrected chi connectivity index (χ2v) is 7.00. The van der Waals surface area contributed by atoms with Crippen LogP contribution in [0.1, 0.15) is 22.3 Å². The average Bonchev–Trinajstić information content (AvgIpc) is 2.78. The summed E-state index contributed by atoms with van der Waals surface area (Å²) in [5.41, 5.74) is 4.31. The number of aryl methyl sites for hydroxylation is 1. The van der Waals surface area contributed by atoms with Crippen molar-refractivity contribution in [2.75, 3.05) is 6.54 Å². The van der Waals surface area contributed by atoms with Crippen molar-refractivity contribution in [3.05, 3.63) is 107 Å². The van der Waals surface area contributed by atoms with Crippen LogP contribution in [0, 0.1) is 18.3 Å². The first-order valence-electron chi connectivity index (χ1n) is 9.86. The normalized spacial score (nSPS) is 10.9. The Morgan fingerprint density at radius 1 is 0.967 bits per heavy atom. The zero-order valence-electron chi connectivity index (χ0n) is 17.0. The van der Waals surface area contributed by atoms with E-state index in [0.717, 1.165) is 28.9 Å². The summed E-state index contributed by atoms with van der Waals surface area (Å²) in [7, 11) is 0. The molecule has 1 amide bonds. The fourth-order valence-corrected chi connectivity index (χ4v) is 2.89. The molecule has 0 unspecified atom stereocenters. The van der Waals surface area contributed by atoms with Gasteiger partial charge in [0, 0.05) is 6.54 Å². The van der Waals surface area contributed by atoms with Gasteiger partial charge in [0.15, 0.2) is 0 Å². The zero-order chi connectivity index (χ0) is 21.2. The van der Waals surface area contributed by atoms with E-state index in [1.165, 1.54) is 5.56 Å². The van der Waals surface area contributed by atoms with Gasteiger partial charge in [-0.25, -0.2) is 0 Å². The summed E-state index contributed by atoms with van der Waals surface area (Å²) in [5.74, 6) is 0.367. The van der Waals surface area contributed by atoms with Gasteiger partial charge in [-0.05, 0) is 48.2 Å². The summed E-state index contributed by atoms with van der Waals surface area (Å²) < 4.78 is 5.80. The summed E-state index contributed by atoms with van der Waals surface area (Å²) in [6.07, 6.45) is 2.31. The van der Waals surface area contributed by atoms with Crippen LogP contribution in [0.25, 0.3) is 6.08 Å². The number of nitrogens with zero attached hydrogens (tertiary/aromatic N) is 1. The smallest absolute Gasteiger partial charge is 0.261 e. The number of nitriles is 1. The molecule has 0 aromatic heterocycles. The van der Waals surface area contributed by atoms with E-state index in [1.54, 1.807) is 6.08 Å². The predicted octanol–water partition coefficient (Wildman–Crippen LogP) is 4.84. The number of carbonyl (C=O) groups excluding carboxylic acids is 1. The number of amides is 1. The number of hydrogen-bond donors (Lipinski definition) is 1. The number of carbonyl (C=O) groups is 1. The molecule has 1 N–H and O–H groups in total. The van der Waals surface area contributed by atoms with Crippen molar-refractivity contribution >= 4 is 12.0 Å². The molecule has 0 saturated carbocycles. The largest absolute Gasteiger partial charge is 0.489 e. The highest BCUT2D eigenvalue weighted by Crippen LogP contribution is 2.16. The lowest BCUT2D eigenvalue weighted by Gasteiger charge is -2.07. The molecule has 0 fully saturated rings. The number of ether oxygens (including phenoxy) is 1. The van der Waals surface area contributed by atoms with Gasteiger partial charge >= 0.3 is 0 Å². The van der Waals surface area contributed by atoms with E-state index in [4.69, 9.17) is 4.74 Å². The molecule has 0 spiro atoms. The van der Waals surface area contributed by atoms with Crippen LogP contribution < -0.4 is 10.1 Å². The lowest BCUT2D eigenvalue weighted by molar-refractivity contribution is -0.117. The topological polar surface area (TPSA) is 62.1 Å². The fourth-order valence-electron chi connectivity index (χ4n) is 2.89. The van der Waals surface area contributed by atoms with E-state index in [1.807, 2.05) is 72.8 Å². The van der Waals surface area contributed by atoms with Gasteiger partial charge in [0.2, 0.25) is 0 Å². The Bertz CT molecular complexity index is 1030. The molecular weight excluding hydrogens is 372 g/mol. The van der Waals surface area contributed by atoms with Crippen molar-refractivity contribution in [1.29, 1.82) is 5.26 Å². The number of hydrogen-bond acceptors (Lipinski definition) is 3. The molecule has 0 bridgehead atoms. The monoisotopic (exact) mass is 396 g/mol. The van der Waals surface area contributed by atoms with Crippen molar-refractivity contribution in [3.8, 4) is 11.8 Å². The summed E-state index contributed by atoms with van der Waals surface area (Å²) in [6.45, 7) is 3.02. The molecule has 0 aliphatic rings. The molecule has 0 saturated heterocycles. The van der Waals surface area contributed by atoms with Crippen LogP contribution in [0.3, 0.4) is 0 Å². The Labute approximate surface area is 177 Å². The molecule has 0 aliphatic carbocycles. The van der Waals surface area contributed by atoms with E-state index < -0.39 is 0 Å². The zero-order valence-corrected chi connectivity index (χ0v) is 17.0. The van der Waals surface area contributed by atoms with E-state index >= 15 is 0 Å². The molecule has 4 nitrogen and oxygen atoms in total. The summed E-state index contributed by atoms with van der Waals surface area (Å²) in [5, 5.41) is 12.2. The van der Waals surface area contributed by atoms with Crippen molar-refractivity contribution in [2.24, 2.45) is 0 Å². The predicted molar refractivity (Wildman–Crippen MR) is 119 cm³/mol. The van der Waals surface area contributed by atoms with Crippen LogP contribution in [0.15, 0.2) is 84.4 Å². The van der Waals surface area contributed by atoms with Gasteiger partial charge in [-0.3, -0.25) is 4.79 Å².